The van der Waals surface area contributed by atoms with E-state index in [0.717, 1.165) is 29.7 Å². The Bertz CT molecular complexity index is 1100. The van der Waals surface area contributed by atoms with E-state index in [0.29, 0.717) is 25.8 Å². The van der Waals surface area contributed by atoms with Crippen LogP contribution >= 0.6 is 0 Å². The van der Waals surface area contributed by atoms with Crippen LogP contribution in [0.2, 0.25) is 0 Å². The van der Waals surface area contributed by atoms with Gasteiger partial charge in [0.15, 0.2) is 0 Å². The zero-order chi connectivity index (χ0) is 28.5. The van der Waals surface area contributed by atoms with E-state index in [1.54, 1.807) is 22.8 Å². The molecule has 214 valence electrons. The third kappa shape index (κ3) is 4.69. The lowest BCUT2D eigenvalue weighted by molar-refractivity contribution is -0.161. The van der Waals surface area contributed by atoms with Gasteiger partial charge in [0.1, 0.15) is 17.6 Å². The molecular formula is C31H44N2O6. The molecule has 6 atom stereocenters. The first-order valence-corrected chi connectivity index (χ1v) is 14.4. The molecule has 3 unspecified atom stereocenters. The monoisotopic (exact) mass is 540 g/mol. The zero-order valence-corrected chi connectivity index (χ0v) is 24.1. The Kier molecular flexibility index (Phi) is 8.57. The average molecular weight is 541 g/mol. The summed E-state index contributed by atoms with van der Waals surface area (Å²) in [6.07, 6.45) is 5.28. The minimum Gasteiger partial charge on any atom is -0.466 e. The second kappa shape index (κ2) is 11.4. The lowest BCUT2D eigenvalue weighted by atomic mass is 9.62. The first-order chi connectivity index (χ1) is 18.6. The molecule has 3 fully saturated rings. The number of para-hydroxylation sites is 1. The average Bonchev–Trinajstić information content (AvgIpc) is 3.39. The van der Waals surface area contributed by atoms with Crippen molar-refractivity contribution in [2.24, 2.45) is 17.8 Å². The molecule has 1 spiro atoms. The number of anilines is 1. The standard InChI is InChI=1S/C31H44N2O6/c1-7-16-32(25-20(3)14-13-15-21(25)4)28(36)26-31-19-22(5)30(6,39-31)24(29(37)38-8-2)23(31)27(35)33(26)17-11-9-10-12-18-34/h7,13-15,22-24,26,34H,1,8-12,16-19H2,2-6H3/t22?,23-,24-,26?,30+,31?/m0/s1. The van der Waals surface area contributed by atoms with Crippen LogP contribution in [0.1, 0.15) is 64.0 Å². The highest BCUT2D eigenvalue weighted by Gasteiger charge is 2.80. The Morgan fingerprint density at radius 3 is 2.51 bits per heavy atom. The third-order valence-corrected chi connectivity index (χ3v) is 9.18. The highest BCUT2D eigenvalue weighted by molar-refractivity contribution is 6.05. The SMILES string of the molecule is C=CCN(C(=O)C1N(CCCCCCO)C(=O)[C@@H]2[C@@H](C(=O)OCC)[C@]3(C)OC12CC3C)c1c(C)cccc1C. The number of amides is 2. The molecule has 1 N–H and O–H groups in total. The highest BCUT2D eigenvalue weighted by Crippen LogP contribution is 2.65. The van der Waals surface area contributed by atoms with E-state index in [9.17, 15) is 14.4 Å². The van der Waals surface area contributed by atoms with Crippen molar-refractivity contribution in [3.63, 3.8) is 0 Å². The van der Waals surface area contributed by atoms with Gasteiger partial charge in [-0.25, -0.2) is 0 Å². The van der Waals surface area contributed by atoms with E-state index >= 15 is 0 Å². The Morgan fingerprint density at radius 2 is 1.90 bits per heavy atom. The van der Waals surface area contributed by atoms with Gasteiger partial charge >= 0.3 is 5.97 Å². The van der Waals surface area contributed by atoms with Gasteiger partial charge < -0.3 is 24.4 Å². The summed E-state index contributed by atoms with van der Waals surface area (Å²) in [5.41, 5.74) is 0.730. The molecule has 0 radical (unpaired) electrons. The number of carbonyl (C=O) groups excluding carboxylic acids is 3. The molecule has 3 heterocycles. The number of likely N-dealkylation sites (tertiary alicyclic amines) is 1. The first kappa shape index (κ1) is 29.3. The van der Waals surface area contributed by atoms with Crippen LogP contribution in [-0.4, -0.2) is 71.3 Å². The second-order valence-corrected chi connectivity index (χ2v) is 11.6. The maximum absolute atomic E-state index is 14.7. The van der Waals surface area contributed by atoms with Gasteiger partial charge in [-0.15, -0.1) is 6.58 Å². The van der Waals surface area contributed by atoms with Gasteiger partial charge in [-0.05, 0) is 64.0 Å². The van der Waals surface area contributed by atoms with E-state index in [-0.39, 0.29) is 37.5 Å². The van der Waals surface area contributed by atoms with Crippen molar-refractivity contribution < 1.29 is 29.0 Å². The van der Waals surface area contributed by atoms with Crippen LogP contribution in [0.25, 0.3) is 0 Å². The summed E-state index contributed by atoms with van der Waals surface area (Å²) in [7, 11) is 0. The molecule has 3 saturated heterocycles. The molecule has 0 aliphatic carbocycles. The Labute approximate surface area is 232 Å². The zero-order valence-electron chi connectivity index (χ0n) is 24.1. The Morgan fingerprint density at radius 1 is 1.23 bits per heavy atom. The van der Waals surface area contributed by atoms with Gasteiger partial charge in [0, 0.05) is 25.4 Å². The van der Waals surface area contributed by atoms with Gasteiger partial charge in [0.2, 0.25) is 5.91 Å². The number of carbonyl (C=O) groups is 3. The molecule has 2 bridgehead atoms. The molecule has 2 amide bonds. The van der Waals surface area contributed by atoms with Crippen molar-refractivity contribution in [3.05, 3.63) is 42.0 Å². The molecule has 3 aliphatic heterocycles. The van der Waals surface area contributed by atoms with Crippen LogP contribution in [0.15, 0.2) is 30.9 Å². The van der Waals surface area contributed by atoms with Crippen LogP contribution in [0, 0.1) is 31.6 Å². The van der Waals surface area contributed by atoms with Crippen molar-refractivity contribution in [2.45, 2.75) is 84.0 Å². The van der Waals surface area contributed by atoms with Crippen molar-refractivity contribution in [2.75, 3.05) is 31.2 Å². The smallest absolute Gasteiger partial charge is 0.312 e. The lowest BCUT2D eigenvalue weighted by Crippen LogP contribution is -2.57. The van der Waals surface area contributed by atoms with Crippen LogP contribution in [0.4, 0.5) is 5.69 Å². The summed E-state index contributed by atoms with van der Waals surface area (Å²) in [5, 5.41) is 9.17. The predicted octanol–water partition coefficient (Wildman–Crippen LogP) is 3.95. The molecule has 0 saturated carbocycles. The highest BCUT2D eigenvalue weighted by atomic mass is 16.6. The van der Waals surface area contributed by atoms with E-state index in [2.05, 4.69) is 6.58 Å². The van der Waals surface area contributed by atoms with Gasteiger partial charge in [-0.1, -0.05) is 44.0 Å². The maximum Gasteiger partial charge on any atom is 0.312 e. The fourth-order valence-electron chi connectivity index (χ4n) is 7.40. The minimum atomic E-state index is -1.11. The van der Waals surface area contributed by atoms with E-state index in [4.69, 9.17) is 14.6 Å². The van der Waals surface area contributed by atoms with Gasteiger partial charge in [0.25, 0.3) is 5.91 Å². The molecule has 3 aliphatic rings. The van der Waals surface area contributed by atoms with Gasteiger partial charge in [-0.2, -0.15) is 0 Å². The Hall–Kier alpha value is -2.71. The number of unbranched alkanes of at least 4 members (excludes halogenated alkanes) is 3. The number of hydrogen-bond donors (Lipinski definition) is 1. The molecule has 0 aromatic heterocycles. The van der Waals surface area contributed by atoms with Crippen LogP contribution in [0.5, 0.6) is 0 Å². The molecule has 39 heavy (non-hydrogen) atoms. The quantitative estimate of drug-likeness (QED) is 0.245. The van der Waals surface area contributed by atoms with Gasteiger partial charge in [0.05, 0.1) is 18.1 Å². The molecule has 4 rings (SSSR count). The number of aliphatic hydroxyl groups is 1. The number of benzene rings is 1. The summed E-state index contributed by atoms with van der Waals surface area (Å²) in [6.45, 7) is 14.6. The second-order valence-electron chi connectivity index (χ2n) is 11.6. The van der Waals surface area contributed by atoms with Crippen LogP contribution < -0.4 is 4.90 Å². The minimum absolute atomic E-state index is 0.0381. The van der Waals surface area contributed by atoms with Gasteiger partial charge in [-0.3, -0.25) is 14.4 Å². The number of ether oxygens (including phenoxy) is 2. The molecule has 8 heteroatoms. The third-order valence-electron chi connectivity index (χ3n) is 9.18. The van der Waals surface area contributed by atoms with Crippen molar-refractivity contribution in [1.29, 1.82) is 0 Å². The largest absolute Gasteiger partial charge is 0.466 e. The normalized spacial score (nSPS) is 30.9. The topological polar surface area (TPSA) is 96.4 Å². The summed E-state index contributed by atoms with van der Waals surface area (Å²) >= 11 is 0. The van der Waals surface area contributed by atoms with Crippen molar-refractivity contribution in [3.8, 4) is 0 Å². The van der Waals surface area contributed by atoms with Crippen molar-refractivity contribution >= 4 is 23.5 Å². The number of esters is 1. The number of aryl methyl sites for hydroxylation is 2. The molecule has 8 nitrogen and oxygen atoms in total. The summed E-state index contributed by atoms with van der Waals surface area (Å²) < 4.78 is 12.3. The number of nitrogens with zero attached hydrogens (tertiary/aromatic N) is 2. The fourth-order valence-corrected chi connectivity index (χ4v) is 7.40. The first-order valence-electron chi connectivity index (χ1n) is 14.4. The van der Waals surface area contributed by atoms with E-state index < -0.39 is 35.0 Å². The number of rotatable bonds is 12. The number of hydrogen-bond acceptors (Lipinski definition) is 6. The van der Waals surface area contributed by atoms with E-state index in [1.807, 2.05) is 45.9 Å². The van der Waals surface area contributed by atoms with Crippen molar-refractivity contribution in [1.82, 2.24) is 4.90 Å². The van der Waals surface area contributed by atoms with E-state index in [1.165, 1.54) is 0 Å². The predicted molar refractivity (Wildman–Crippen MR) is 149 cm³/mol. The number of aliphatic hydroxyl groups excluding tert-OH is 1. The summed E-state index contributed by atoms with van der Waals surface area (Å²) in [6, 6.07) is 5.05. The lowest BCUT2D eigenvalue weighted by Gasteiger charge is -2.38. The van der Waals surface area contributed by atoms with Crippen LogP contribution in [-0.2, 0) is 23.9 Å². The summed E-state index contributed by atoms with van der Waals surface area (Å²) in [4.78, 5) is 45.7. The molecular weight excluding hydrogens is 496 g/mol. The fraction of sp³-hybridized carbons (Fsp3) is 0.645. The van der Waals surface area contributed by atoms with Crippen LogP contribution in [0.3, 0.4) is 0 Å². The molecule has 1 aromatic carbocycles. The maximum atomic E-state index is 14.7. The number of fused-ring (bicyclic) bond motifs is 1. The molecule has 1 aromatic rings. The Balaban J connectivity index is 1.80. The summed E-state index contributed by atoms with van der Waals surface area (Å²) in [5.74, 6) is -2.42.